The molecule has 1 N–H and O–H groups in total. The largest absolute Gasteiger partial charge is 0.322 e. The van der Waals surface area contributed by atoms with Crippen molar-refractivity contribution in [1.82, 2.24) is 4.31 Å². The lowest BCUT2D eigenvalue weighted by atomic mass is 10.2. The van der Waals surface area contributed by atoms with Crippen LogP contribution in [0.3, 0.4) is 0 Å². The molecular formula is C15H15FN2OS. The van der Waals surface area contributed by atoms with Gasteiger partial charge >= 0.3 is 0 Å². The summed E-state index contributed by atoms with van der Waals surface area (Å²) in [6.45, 7) is 0. The highest BCUT2D eigenvalue weighted by atomic mass is 32.2. The molecule has 0 aliphatic rings. The van der Waals surface area contributed by atoms with Crippen LogP contribution in [-0.2, 0) is 0 Å². The van der Waals surface area contributed by atoms with Crippen molar-refractivity contribution < 1.29 is 9.18 Å². The molecule has 0 spiro atoms. The average Bonchev–Trinajstić information content (AvgIpc) is 2.41. The zero-order valence-electron chi connectivity index (χ0n) is 11.3. The smallest absolute Gasteiger partial charge is 0.255 e. The van der Waals surface area contributed by atoms with E-state index in [1.807, 2.05) is 36.6 Å². The van der Waals surface area contributed by atoms with Crippen molar-refractivity contribution in [2.45, 2.75) is 4.90 Å². The fourth-order valence-electron chi connectivity index (χ4n) is 1.64. The Balaban J connectivity index is 2.10. The molecule has 20 heavy (non-hydrogen) atoms. The summed E-state index contributed by atoms with van der Waals surface area (Å²) in [7, 11) is 3.88. The molecule has 0 saturated carbocycles. The second-order valence-corrected chi connectivity index (χ2v) is 5.78. The van der Waals surface area contributed by atoms with E-state index in [1.54, 1.807) is 18.0 Å². The summed E-state index contributed by atoms with van der Waals surface area (Å²) < 4.78 is 14.8. The number of hydrogen-bond acceptors (Lipinski definition) is 3. The Hall–Kier alpha value is -1.85. The molecule has 0 fully saturated rings. The maximum absolute atomic E-state index is 12.8. The molecule has 0 saturated heterocycles. The van der Waals surface area contributed by atoms with Gasteiger partial charge < -0.3 is 5.32 Å². The summed E-state index contributed by atoms with van der Waals surface area (Å²) in [5.41, 5.74) is 1.14. The number of nitrogens with zero attached hydrogens (tertiary/aromatic N) is 1. The lowest BCUT2D eigenvalue weighted by Gasteiger charge is -2.10. The van der Waals surface area contributed by atoms with Gasteiger partial charge in [-0.15, -0.1) is 0 Å². The topological polar surface area (TPSA) is 32.3 Å². The maximum Gasteiger partial charge on any atom is 0.255 e. The maximum atomic E-state index is 12.8. The van der Waals surface area contributed by atoms with E-state index in [1.165, 1.54) is 24.3 Å². The first-order chi connectivity index (χ1) is 9.54. The Kier molecular flexibility index (Phi) is 4.76. The summed E-state index contributed by atoms with van der Waals surface area (Å²) in [4.78, 5) is 13.1. The minimum Gasteiger partial charge on any atom is -0.322 e. The second kappa shape index (κ2) is 6.54. The number of hydrogen-bond donors (Lipinski definition) is 1. The molecule has 3 nitrogen and oxygen atoms in total. The number of halogens is 1. The van der Waals surface area contributed by atoms with Gasteiger partial charge in [0.05, 0.1) is 0 Å². The van der Waals surface area contributed by atoms with Crippen LogP contribution in [0.15, 0.2) is 53.4 Å². The Labute approximate surface area is 121 Å². The Morgan fingerprint density at radius 1 is 1.15 bits per heavy atom. The average molecular weight is 290 g/mol. The Morgan fingerprint density at radius 3 is 2.50 bits per heavy atom. The van der Waals surface area contributed by atoms with Crippen molar-refractivity contribution in [1.29, 1.82) is 0 Å². The fourth-order valence-corrected chi connectivity index (χ4v) is 2.38. The minimum atomic E-state index is -0.327. The molecule has 2 aromatic rings. The van der Waals surface area contributed by atoms with Gasteiger partial charge in [-0.05, 0) is 68.5 Å². The first kappa shape index (κ1) is 14.6. The van der Waals surface area contributed by atoms with E-state index in [9.17, 15) is 9.18 Å². The van der Waals surface area contributed by atoms with E-state index in [0.29, 0.717) is 11.3 Å². The molecule has 104 valence electrons. The quantitative estimate of drug-likeness (QED) is 0.872. The molecule has 0 unspecified atom stereocenters. The van der Waals surface area contributed by atoms with Crippen LogP contribution in [0.1, 0.15) is 10.4 Å². The molecule has 2 aromatic carbocycles. The highest BCUT2D eigenvalue weighted by molar-refractivity contribution is 7.97. The van der Waals surface area contributed by atoms with Crippen LogP contribution in [0, 0.1) is 5.82 Å². The molecule has 0 aliphatic carbocycles. The number of carbonyl (C=O) groups excluding carboxylic acids is 1. The summed E-state index contributed by atoms with van der Waals surface area (Å²) in [6, 6.07) is 13.0. The van der Waals surface area contributed by atoms with Gasteiger partial charge in [0.15, 0.2) is 0 Å². The van der Waals surface area contributed by atoms with Gasteiger partial charge in [0.25, 0.3) is 5.91 Å². The SMILES string of the molecule is CN(C)Sc1cccc(C(=O)Nc2ccc(F)cc2)c1. The number of amides is 1. The summed E-state index contributed by atoms with van der Waals surface area (Å²) in [5, 5.41) is 2.74. The van der Waals surface area contributed by atoms with Crippen LogP contribution in [0.2, 0.25) is 0 Å². The number of carbonyl (C=O) groups is 1. The molecular weight excluding hydrogens is 275 g/mol. The van der Waals surface area contributed by atoms with Crippen molar-refractivity contribution in [3.63, 3.8) is 0 Å². The monoisotopic (exact) mass is 290 g/mol. The first-order valence-electron chi connectivity index (χ1n) is 6.07. The second-order valence-electron chi connectivity index (χ2n) is 4.39. The van der Waals surface area contributed by atoms with Crippen LogP contribution in [-0.4, -0.2) is 24.3 Å². The molecule has 1 amide bonds. The van der Waals surface area contributed by atoms with Crippen molar-refractivity contribution in [3.05, 3.63) is 59.9 Å². The summed E-state index contributed by atoms with van der Waals surface area (Å²) in [5.74, 6) is -0.537. The van der Waals surface area contributed by atoms with E-state index in [4.69, 9.17) is 0 Å². The molecule has 0 aliphatic heterocycles. The molecule has 0 heterocycles. The number of nitrogens with one attached hydrogen (secondary N) is 1. The molecule has 0 atom stereocenters. The lowest BCUT2D eigenvalue weighted by molar-refractivity contribution is 0.102. The van der Waals surface area contributed by atoms with Crippen LogP contribution in [0.5, 0.6) is 0 Å². The van der Waals surface area contributed by atoms with Gasteiger partial charge in [-0.25, -0.2) is 4.39 Å². The first-order valence-corrected chi connectivity index (χ1v) is 6.84. The predicted octanol–water partition coefficient (Wildman–Crippen LogP) is 3.65. The Bertz CT molecular complexity index is 599. The third-order valence-corrected chi connectivity index (χ3v) is 3.32. The van der Waals surface area contributed by atoms with Gasteiger partial charge in [0.2, 0.25) is 0 Å². The fraction of sp³-hybridized carbons (Fsp3) is 0.133. The van der Waals surface area contributed by atoms with E-state index in [0.717, 1.165) is 4.90 Å². The van der Waals surface area contributed by atoms with Crippen LogP contribution in [0.4, 0.5) is 10.1 Å². The third-order valence-electron chi connectivity index (χ3n) is 2.49. The normalized spacial score (nSPS) is 10.6. The molecule has 0 aromatic heterocycles. The van der Waals surface area contributed by atoms with Gasteiger partial charge in [-0.1, -0.05) is 6.07 Å². The van der Waals surface area contributed by atoms with Crippen LogP contribution < -0.4 is 5.32 Å². The lowest BCUT2D eigenvalue weighted by Crippen LogP contribution is -2.12. The van der Waals surface area contributed by atoms with Crippen LogP contribution in [0.25, 0.3) is 0 Å². The Morgan fingerprint density at radius 2 is 1.85 bits per heavy atom. The van der Waals surface area contributed by atoms with Crippen LogP contribution >= 0.6 is 11.9 Å². The zero-order chi connectivity index (χ0) is 14.5. The van der Waals surface area contributed by atoms with Crippen molar-refractivity contribution >= 4 is 23.5 Å². The predicted molar refractivity (Wildman–Crippen MR) is 80.3 cm³/mol. The molecule has 2 rings (SSSR count). The van der Waals surface area contributed by atoms with Crippen molar-refractivity contribution in [3.8, 4) is 0 Å². The molecule has 0 radical (unpaired) electrons. The zero-order valence-corrected chi connectivity index (χ0v) is 12.1. The minimum absolute atomic E-state index is 0.210. The van der Waals surface area contributed by atoms with Gasteiger partial charge in [0.1, 0.15) is 5.82 Å². The molecule has 5 heteroatoms. The van der Waals surface area contributed by atoms with Gasteiger partial charge in [-0.3, -0.25) is 9.10 Å². The van der Waals surface area contributed by atoms with E-state index < -0.39 is 0 Å². The van der Waals surface area contributed by atoms with Gasteiger partial charge in [-0.2, -0.15) is 0 Å². The van der Waals surface area contributed by atoms with Gasteiger partial charge in [0, 0.05) is 16.1 Å². The highest BCUT2D eigenvalue weighted by Gasteiger charge is 2.07. The highest BCUT2D eigenvalue weighted by Crippen LogP contribution is 2.21. The van der Waals surface area contributed by atoms with Crippen molar-refractivity contribution in [2.75, 3.05) is 19.4 Å². The van der Waals surface area contributed by atoms with E-state index in [-0.39, 0.29) is 11.7 Å². The van der Waals surface area contributed by atoms with E-state index >= 15 is 0 Å². The van der Waals surface area contributed by atoms with Crippen molar-refractivity contribution in [2.24, 2.45) is 0 Å². The number of benzene rings is 2. The standard InChI is InChI=1S/C15H15FN2OS/c1-18(2)20-14-5-3-4-11(10-14)15(19)17-13-8-6-12(16)7-9-13/h3-10H,1-2H3,(H,17,19). The summed E-state index contributed by atoms with van der Waals surface area (Å²) in [6.07, 6.45) is 0. The third kappa shape index (κ3) is 4.08. The summed E-state index contributed by atoms with van der Waals surface area (Å²) >= 11 is 1.54. The number of rotatable bonds is 4. The van der Waals surface area contributed by atoms with E-state index in [2.05, 4.69) is 5.32 Å². The molecule has 0 bridgehead atoms. The number of anilines is 1.